The van der Waals surface area contributed by atoms with Crippen molar-refractivity contribution in [3.05, 3.63) is 0 Å². The zero-order valence-electron chi connectivity index (χ0n) is 11.3. The number of nitriles is 1. The molecule has 3 atom stereocenters. The molecular formula is C14H24N2O2. The molecule has 2 aliphatic rings. The second kappa shape index (κ2) is 6.51. The molecule has 1 saturated carbocycles. The molecule has 0 aromatic heterocycles. The van der Waals surface area contributed by atoms with Gasteiger partial charge >= 0.3 is 0 Å². The van der Waals surface area contributed by atoms with Crippen molar-refractivity contribution in [2.45, 2.75) is 63.2 Å². The summed E-state index contributed by atoms with van der Waals surface area (Å²) >= 11 is 0. The van der Waals surface area contributed by atoms with Gasteiger partial charge in [-0.1, -0.05) is 6.92 Å². The highest BCUT2D eigenvalue weighted by Crippen LogP contribution is 2.31. The van der Waals surface area contributed by atoms with Crippen molar-refractivity contribution >= 4 is 0 Å². The van der Waals surface area contributed by atoms with E-state index < -0.39 is 0 Å². The number of nitrogens with zero attached hydrogens (tertiary/aromatic N) is 1. The fourth-order valence-corrected chi connectivity index (χ4v) is 2.96. The Balaban J connectivity index is 1.73. The smallest absolute Gasteiger partial charge is 0.109 e. The molecular weight excluding hydrogens is 228 g/mol. The lowest BCUT2D eigenvalue weighted by molar-refractivity contribution is -0.0620. The summed E-state index contributed by atoms with van der Waals surface area (Å²) in [5, 5.41) is 12.6. The first-order valence-corrected chi connectivity index (χ1v) is 7.17. The first-order valence-electron chi connectivity index (χ1n) is 7.17. The minimum absolute atomic E-state index is 0.217. The van der Waals surface area contributed by atoms with E-state index >= 15 is 0 Å². The van der Waals surface area contributed by atoms with Gasteiger partial charge in [-0.2, -0.15) is 5.26 Å². The Morgan fingerprint density at radius 2 is 2.33 bits per heavy atom. The minimum atomic E-state index is -0.354. The van der Waals surface area contributed by atoms with Gasteiger partial charge in [0, 0.05) is 13.0 Å². The molecule has 1 N–H and O–H groups in total. The summed E-state index contributed by atoms with van der Waals surface area (Å²) in [6.07, 6.45) is 6.72. The van der Waals surface area contributed by atoms with Crippen molar-refractivity contribution in [3.63, 3.8) is 0 Å². The maximum absolute atomic E-state index is 9.29. The predicted octanol–water partition coefficient (Wildman–Crippen LogP) is 2.00. The Morgan fingerprint density at radius 1 is 1.44 bits per heavy atom. The monoisotopic (exact) mass is 252 g/mol. The lowest BCUT2D eigenvalue weighted by Gasteiger charge is -2.25. The van der Waals surface area contributed by atoms with E-state index in [1.807, 2.05) is 6.92 Å². The molecule has 0 spiro atoms. The summed E-state index contributed by atoms with van der Waals surface area (Å²) in [7, 11) is 0. The van der Waals surface area contributed by atoms with Gasteiger partial charge in [0.15, 0.2) is 0 Å². The molecule has 1 saturated heterocycles. The van der Waals surface area contributed by atoms with Crippen LogP contribution in [-0.4, -0.2) is 37.5 Å². The lowest BCUT2D eigenvalue weighted by atomic mass is 10.00. The zero-order chi connectivity index (χ0) is 12.8. The highest BCUT2D eigenvalue weighted by atomic mass is 16.5. The van der Waals surface area contributed by atoms with E-state index in [4.69, 9.17) is 9.47 Å². The molecule has 0 aromatic carbocycles. The van der Waals surface area contributed by atoms with Crippen molar-refractivity contribution < 1.29 is 9.47 Å². The van der Waals surface area contributed by atoms with Crippen LogP contribution in [0, 0.1) is 11.3 Å². The Hall–Kier alpha value is -0.630. The van der Waals surface area contributed by atoms with Crippen LogP contribution in [0.15, 0.2) is 0 Å². The third kappa shape index (κ3) is 3.44. The topological polar surface area (TPSA) is 54.3 Å². The van der Waals surface area contributed by atoms with Crippen LogP contribution >= 0.6 is 0 Å². The van der Waals surface area contributed by atoms with E-state index in [1.54, 1.807) is 0 Å². The number of hydrogen-bond acceptors (Lipinski definition) is 4. The van der Waals surface area contributed by atoms with Crippen LogP contribution in [0.25, 0.3) is 0 Å². The second-order valence-corrected chi connectivity index (χ2v) is 5.41. The Bertz CT molecular complexity index is 297. The SMILES string of the molecule is CCNC1(C#N)CCC(OCC2CCCCO2)C1. The van der Waals surface area contributed by atoms with Crippen molar-refractivity contribution in [3.8, 4) is 6.07 Å². The van der Waals surface area contributed by atoms with Gasteiger partial charge in [0.05, 0.1) is 24.9 Å². The second-order valence-electron chi connectivity index (χ2n) is 5.41. The average molecular weight is 252 g/mol. The number of rotatable bonds is 5. The van der Waals surface area contributed by atoms with Gasteiger partial charge in [0.25, 0.3) is 0 Å². The first-order chi connectivity index (χ1) is 8.78. The standard InChI is InChI=1S/C14H24N2O2/c1-2-16-14(11-15)7-6-12(9-14)18-10-13-5-3-4-8-17-13/h12-13,16H,2-10H2,1H3. The van der Waals surface area contributed by atoms with Crippen molar-refractivity contribution in [2.75, 3.05) is 19.8 Å². The van der Waals surface area contributed by atoms with Gasteiger partial charge in [-0.3, -0.25) is 5.32 Å². The number of ether oxygens (including phenoxy) is 2. The highest BCUT2D eigenvalue weighted by Gasteiger charge is 2.39. The van der Waals surface area contributed by atoms with Gasteiger partial charge in [0.1, 0.15) is 5.54 Å². The van der Waals surface area contributed by atoms with Gasteiger partial charge in [0.2, 0.25) is 0 Å². The Kier molecular flexibility index (Phi) is 4.99. The molecule has 1 aliphatic carbocycles. The van der Waals surface area contributed by atoms with E-state index in [-0.39, 0.29) is 17.7 Å². The van der Waals surface area contributed by atoms with E-state index in [2.05, 4.69) is 11.4 Å². The number of nitrogens with one attached hydrogen (secondary N) is 1. The van der Waals surface area contributed by atoms with Gasteiger partial charge in [-0.25, -0.2) is 0 Å². The molecule has 4 nitrogen and oxygen atoms in total. The molecule has 4 heteroatoms. The summed E-state index contributed by atoms with van der Waals surface area (Å²) in [6, 6.07) is 2.42. The van der Waals surface area contributed by atoms with E-state index in [1.165, 1.54) is 12.8 Å². The molecule has 1 heterocycles. The third-order valence-corrected chi connectivity index (χ3v) is 3.99. The molecule has 2 fully saturated rings. The minimum Gasteiger partial charge on any atom is -0.376 e. The van der Waals surface area contributed by atoms with Crippen molar-refractivity contribution in [1.82, 2.24) is 5.32 Å². The van der Waals surface area contributed by atoms with Crippen LogP contribution < -0.4 is 5.32 Å². The zero-order valence-corrected chi connectivity index (χ0v) is 11.3. The average Bonchev–Trinajstić information content (AvgIpc) is 2.82. The highest BCUT2D eigenvalue weighted by molar-refractivity contribution is 5.12. The molecule has 3 unspecified atom stereocenters. The van der Waals surface area contributed by atoms with Gasteiger partial charge < -0.3 is 9.47 Å². The summed E-state index contributed by atoms with van der Waals surface area (Å²) in [4.78, 5) is 0. The van der Waals surface area contributed by atoms with Gasteiger partial charge in [-0.15, -0.1) is 0 Å². The Morgan fingerprint density at radius 3 is 3.00 bits per heavy atom. The summed E-state index contributed by atoms with van der Waals surface area (Å²) in [5.74, 6) is 0. The Labute approximate surface area is 110 Å². The normalized spacial score (nSPS) is 36.4. The molecule has 0 bridgehead atoms. The largest absolute Gasteiger partial charge is 0.376 e. The number of hydrogen-bond donors (Lipinski definition) is 1. The lowest BCUT2D eigenvalue weighted by Crippen LogP contribution is -2.42. The van der Waals surface area contributed by atoms with Gasteiger partial charge in [-0.05, 0) is 38.6 Å². The first kappa shape index (κ1) is 13.8. The van der Waals surface area contributed by atoms with Crippen LogP contribution in [0.5, 0.6) is 0 Å². The van der Waals surface area contributed by atoms with Crippen LogP contribution in [0.2, 0.25) is 0 Å². The van der Waals surface area contributed by atoms with E-state index in [0.29, 0.717) is 6.61 Å². The third-order valence-electron chi connectivity index (χ3n) is 3.99. The van der Waals surface area contributed by atoms with E-state index in [0.717, 1.165) is 38.8 Å². The molecule has 102 valence electrons. The molecule has 0 aromatic rings. The van der Waals surface area contributed by atoms with Crippen LogP contribution in [-0.2, 0) is 9.47 Å². The van der Waals surface area contributed by atoms with Crippen molar-refractivity contribution in [2.24, 2.45) is 0 Å². The molecule has 18 heavy (non-hydrogen) atoms. The summed E-state index contributed by atoms with van der Waals surface area (Å²) in [5.41, 5.74) is -0.354. The predicted molar refractivity (Wildman–Crippen MR) is 69.2 cm³/mol. The fourth-order valence-electron chi connectivity index (χ4n) is 2.96. The fraction of sp³-hybridized carbons (Fsp3) is 0.929. The summed E-state index contributed by atoms with van der Waals surface area (Å²) < 4.78 is 11.6. The maximum Gasteiger partial charge on any atom is 0.109 e. The molecule has 2 rings (SSSR count). The quantitative estimate of drug-likeness (QED) is 0.813. The molecule has 0 amide bonds. The molecule has 1 aliphatic heterocycles. The van der Waals surface area contributed by atoms with Crippen LogP contribution in [0.1, 0.15) is 45.4 Å². The van der Waals surface area contributed by atoms with Crippen LogP contribution in [0.4, 0.5) is 0 Å². The van der Waals surface area contributed by atoms with E-state index in [9.17, 15) is 5.26 Å². The maximum atomic E-state index is 9.29. The molecule has 0 radical (unpaired) electrons. The summed E-state index contributed by atoms with van der Waals surface area (Å²) in [6.45, 7) is 4.45. The van der Waals surface area contributed by atoms with Crippen molar-refractivity contribution in [1.29, 1.82) is 5.26 Å². The van der Waals surface area contributed by atoms with Crippen LogP contribution in [0.3, 0.4) is 0 Å².